The van der Waals surface area contributed by atoms with Crippen LogP contribution in [-0.2, 0) is 4.79 Å². The predicted molar refractivity (Wildman–Crippen MR) is 69.1 cm³/mol. The summed E-state index contributed by atoms with van der Waals surface area (Å²) in [7, 11) is 0. The number of rotatable bonds is 5. The number of carboxylic acids is 1. The van der Waals surface area contributed by atoms with Crippen molar-refractivity contribution < 1.29 is 19.8 Å². The molecule has 19 heavy (non-hydrogen) atoms. The van der Waals surface area contributed by atoms with Crippen LogP contribution in [0.25, 0.3) is 0 Å². The average molecular weight is 263 g/mol. The number of benzene rings is 1. The zero-order valence-electron chi connectivity index (χ0n) is 10.7. The van der Waals surface area contributed by atoms with E-state index in [9.17, 15) is 14.7 Å². The first-order valence-electron chi connectivity index (χ1n) is 6.30. The second-order valence-electron chi connectivity index (χ2n) is 4.96. The quantitative estimate of drug-likeness (QED) is 0.754. The molecule has 5 heteroatoms. The maximum Gasteiger partial charge on any atom is 0.305 e. The summed E-state index contributed by atoms with van der Waals surface area (Å²) in [6.07, 6.45) is 1.85. The van der Waals surface area contributed by atoms with Gasteiger partial charge in [0.05, 0.1) is 6.42 Å². The Morgan fingerprint density at radius 2 is 2.11 bits per heavy atom. The zero-order valence-corrected chi connectivity index (χ0v) is 10.7. The van der Waals surface area contributed by atoms with Gasteiger partial charge in [0.25, 0.3) is 5.91 Å². The Morgan fingerprint density at radius 3 is 2.68 bits per heavy atom. The van der Waals surface area contributed by atoms with E-state index in [2.05, 4.69) is 5.32 Å². The molecule has 102 valence electrons. The normalized spacial score (nSPS) is 15.8. The first-order chi connectivity index (χ1) is 8.99. The summed E-state index contributed by atoms with van der Waals surface area (Å²) in [5.74, 6) is -0.914. The molecule has 3 N–H and O–H groups in total. The summed E-state index contributed by atoms with van der Waals surface area (Å²) in [6.45, 7) is 1.66. The Bertz CT molecular complexity index is 508. The van der Waals surface area contributed by atoms with Gasteiger partial charge in [-0.05, 0) is 37.8 Å². The van der Waals surface area contributed by atoms with Crippen LogP contribution in [-0.4, -0.2) is 28.1 Å². The molecular formula is C14H17NO4. The Balaban J connectivity index is 2.10. The maximum absolute atomic E-state index is 12.1. The molecule has 1 amide bonds. The van der Waals surface area contributed by atoms with Gasteiger partial charge in [0, 0.05) is 17.2 Å². The van der Waals surface area contributed by atoms with Crippen molar-refractivity contribution in [3.8, 4) is 5.75 Å². The highest BCUT2D eigenvalue weighted by Gasteiger charge is 2.34. The smallest absolute Gasteiger partial charge is 0.305 e. The molecule has 0 aliphatic heterocycles. The van der Waals surface area contributed by atoms with E-state index in [1.165, 1.54) is 6.07 Å². The van der Waals surface area contributed by atoms with Gasteiger partial charge in [-0.2, -0.15) is 0 Å². The molecular weight excluding hydrogens is 246 g/mol. The molecule has 0 radical (unpaired) electrons. The van der Waals surface area contributed by atoms with Gasteiger partial charge < -0.3 is 15.5 Å². The molecule has 1 aromatic carbocycles. The molecule has 1 unspecified atom stereocenters. The van der Waals surface area contributed by atoms with Crippen molar-refractivity contribution in [2.45, 2.75) is 32.2 Å². The number of phenolic OH excluding ortho intramolecular Hbond substituents is 1. The van der Waals surface area contributed by atoms with Crippen molar-refractivity contribution >= 4 is 11.9 Å². The van der Waals surface area contributed by atoms with E-state index in [0.717, 1.165) is 12.8 Å². The molecule has 1 aliphatic rings. The minimum atomic E-state index is -0.912. The van der Waals surface area contributed by atoms with Crippen molar-refractivity contribution in [1.82, 2.24) is 5.32 Å². The third-order valence-electron chi connectivity index (χ3n) is 3.45. The molecule has 0 heterocycles. The highest BCUT2D eigenvalue weighted by atomic mass is 16.4. The van der Waals surface area contributed by atoms with Crippen LogP contribution in [0.3, 0.4) is 0 Å². The third kappa shape index (κ3) is 3.24. The van der Waals surface area contributed by atoms with Gasteiger partial charge in [-0.1, -0.05) is 6.07 Å². The largest absolute Gasteiger partial charge is 0.508 e. The molecule has 0 saturated heterocycles. The van der Waals surface area contributed by atoms with Gasteiger partial charge in [-0.3, -0.25) is 9.59 Å². The molecule has 0 aromatic heterocycles. The summed E-state index contributed by atoms with van der Waals surface area (Å²) in [6, 6.07) is 4.41. The number of hydrogen-bond donors (Lipinski definition) is 3. The van der Waals surface area contributed by atoms with Crippen LogP contribution in [0.1, 0.15) is 35.2 Å². The first kappa shape index (κ1) is 13.4. The van der Waals surface area contributed by atoms with Crippen LogP contribution in [0.15, 0.2) is 18.2 Å². The Kier molecular flexibility index (Phi) is 3.74. The Morgan fingerprint density at radius 1 is 1.42 bits per heavy atom. The van der Waals surface area contributed by atoms with Crippen molar-refractivity contribution in [3.05, 3.63) is 29.3 Å². The van der Waals surface area contributed by atoms with Crippen LogP contribution >= 0.6 is 0 Å². The lowest BCUT2D eigenvalue weighted by Gasteiger charge is -2.17. The van der Waals surface area contributed by atoms with Gasteiger partial charge in [0.2, 0.25) is 0 Å². The SMILES string of the molecule is Cc1c(O)cccc1C(=O)NC(CC(=O)O)C1CC1. The number of carbonyl (C=O) groups is 2. The van der Waals surface area contributed by atoms with Crippen molar-refractivity contribution in [2.75, 3.05) is 0 Å². The molecule has 5 nitrogen and oxygen atoms in total. The number of carbonyl (C=O) groups excluding carboxylic acids is 1. The fourth-order valence-electron chi connectivity index (χ4n) is 2.14. The number of hydrogen-bond acceptors (Lipinski definition) is 3. The van der Waals surface area contributed by atoms with Crippen LogP contribution < -0.4 is 5.32 Å². The monoisotopic (exact) mass is 263 g/mol. The van der Waals surface area contributed by atoms with E-state index in [0.29, 0.717) is 11.1 Å². The van der Waals surface area contributed by atoms with E-state index in [1.54, 1.807) is 19.1 Å². The maximum atomic E-state index is 12.1. The van der Waals surface area contributed by atoms with E-state index >= 15 is 0 Å². The Labute approximate surface area is 111 Å². The fraction of sp³-hybridized carbons (Fsp3) is 0.429. The van der Waals surface area contributed by atoms with Crippen molar-refractivity contribution in [1.29, 1.82) is 0 Å². The summed E-state index contributed by atoms with van der Waals surface area (Å²) in [5, 5.41) is 21.2. The topological polar surface area (TPSA) is 86.6 Å². The van der Waals surface area contributed by atoms with Crippen molar-refractivity contribution in [2.24, 2.45) is 5.92 Å². The van der Waals surface area contributed by atoms with Crippen LogP contribution in [0.2, 0.25) is 0 Å². The predicted octanol–water partition coefficient (Wildman–Crippen LogP) is 1.68. The van der Waals surface area contributed by atoms with E-state index < -0.39 is 5.97 Å². The molecule has 1 atom stereocenters. The molecule has 1 saturated carbocycles. The molecule has 0 spiro atoms. The highest BCUT2D eigenvalue weighted by molar-refractivity contribution is 5.96. The molecule has 2 rings (SSSR count). The summed E-state index contributed by atoms with van der Waals surface area (Å²) < 4.78 is 0. The zero-order chi connectivity index (χ0) is 14.0. The average Bonchev–Trinajstić information content (AvgIpc) is 3.15. The van der Waals surface area contributed by atoms with Crippen molar-refractivity contribution in [3.63, 3.8) is 0 Å². The van der Waals surface area contributed by atoms with Crippen LogP contribution in [0.4, 0.5) is 0 Å². The van der Waals surface area contributed by atoms with Gasteiger partial charge in [0.15, 0.2) is 0 Å². The summed E-state index contributed by atoms with van der Waals surface area (Å²) in [4.78, 5) is 22.9. The molecule has 1 aliphatic carbocycles. The van der Waals surface area contributed by atoms with E-state index in [1.807, 2.05) is 0 Å². The van der Waals surface area contributed by atoms with Crippen LogP contribution in [0, 0.1) is 12.8 Å². The number of aromatic hydroxyl groups is 1. The van der Waals surface area contributed by atoms with Gasteiger partial charge in [-0.15, -0.1) is 0 Å². The number of carboxylic acid groups (broad SMARTS) is 1. The van der Waals surface area contributed by atoms with Crippen LogP contribution in [0.5, 0.6) is 5.75 Å². The standard InChI is InChI=1S/C14H17NO4/c1-8-10(3-2-4-12(8)16)14(19)15-11(7-13(17)18)9-5-6-9/h2-4,9,11,16H,5-7H2,1H3,(H,15,19)(H,17,18). The lowest BCUT2D eigenvalue weighted by Crippen LogP contribution is -2.38. The number of phenols is 1. The van der Waals surface area contributed by atoms with Gasteiger partial charge in [-0.25, -0.2) is 0 Å². The minimum absolute atomic E-state index is 0.0612. The second-order valence-corrected chi connectivity index (χ2v) is 4.96. The lowest BCUT2D eigenvalue weighted by molar-refractivity contribution is -0.137. The van der Waals surface area contributed by atoms with E-state index in [-0.39, 0.29) is 30.0 Å². The first-order valence-corrected chi connectivity index (χ1v) is 6.30. The highest BCUT2D eigenvalue weighted by Crippen LogP contribution is 2.34. The number of nitrogens with one attached hydrogen (secondary N) is 1. The number of amides is 1. The summed E-state index contributed by atoms with van der Waals surface area (Å²) in [5.41, 5.74) is 0.890. The molecule has 0 bridgehead atoms. The third-order valence-corrected chi connectivity index (χ3v) is 3.45. The molecule has 1 aromatic rings. The lowest BCUT2D eigenvalue weighted by atomic mass is 10.0. The second kappa shape index (κ2) is 5.30. The molecule has 1 fully saturated rings. The van der Waals surface area contributed by atoms with E-state index in [4.69, 9.17) is 5.11 Å². The summed E-state index contributed by atoms with van der Waals surface area (Å²) >= 11 is 0. The fourth-order valence-corrected chi connectivity index (χ4v) is 2.14. The van der Waals surface area contributed by atoms with Gasteiger partial charge >= 0.3 is 5.97 Å². The Hall–Kier alpha value is -2.04. The minimum Gasteiger partial charge on any atom is -0.508 e. The number of aliphatic carboxylic acids is 1. The van der Waals surface area contributed by atoms with Gasteiger partial charge in [0.1, 0.15) is 5.75 Å².